The molecule has 1 aromatic heterocycles. The number of nitrogens with zero attached hydrogens (tertiary/aromatic N) is 2. The SMILES string of the molecule is O=C(NOCc1cccnc1)NC1CCN(Cc2ccc(F)cc2)CC1. The van der Waals surface area contributed by atoms with E-state index >= 15 is 0 Å². The van der Waals surface area contributed by atoms with Gasteiger partial charge >= 0.3 is 6.03 Å². The number of hydrogen-bond donors (Lipinski definition) is 2. The maximum absolute atomic E-state index is 12.9. The minimum Gasteiger partial charge on any atom is -0.334 e. The maximum atomic E-state index is 12.9. The van der Waals surface area contributed by atoms with Crippen molar-refractivity contribution in [1.82, 2.24) is 20.7 Å². The summed E-state index contributed by atoms with van der Waals surface area (Å²) in [5.41, 5.74) is 4.40. The van der Waals surface area contributed by atoms with Crippen LogP contribution >= 0.6 is 0 Å². The number of likely N-dealkylation sites (tertiary alicyclic amines) is 1. The Morgan fingerprint density at radius 1 is 1.19 bits per heavy atom. The third-order valence-corrected chi connectivity index (χ3v) is 4.37. The number of carbonyl (C=O) groups excluding carboxylic acids is 1. The first kappa shape index (κ1) is 18.3. The molecule has 138 valence electrons. The van der Waals surface area contributed by atoms with Gasteiger partial charge in [-0.05, 0) is 42.2 Å². The molecule has 1 aliphatic heterocycles. The van der Waals surface area contributed by atoms with Gasteiger partial charge in [-0.25, -0.2) is 14.7 Å². The van der Waals surface area contributed by atoms with Crippen LogP contribution in [0.4, 0.5) is 9.18 Å². The molecule has 2 aromatic rings. The number of rotatable bonds is 6. The number of nitrogens with one attached hydrogen (secondary N) is 2. The van der Waals surface area contributed by atoms with Gasteiger partial charge < -0.3 is 5.32 Å². The molecule has 0 saturated carbocycles. The van der Waals surface area contributed by atoms with Gasteiger partial charge in [0.25, 0.3) is 0 Å². The Hall–Kier alpha value is -2.51. The lowest BCUT2D eigenvalue weighted by molar-refractivity contribution is 0.0468. The predicted octanol–water partition coefficient (Wildman–Crippen LogP) is 2.62. The monoisotopic (exact) mass is 358 g/mol. The molecule has 1 saturated heterocycles. The number of halogens is 1. The largest absolute Gasteiger partial charge is 0.338 e. The van der Waals surface area contributed by atoms with Crippen molar-refractivity contribution >= 4 is 6.03 Å². The fourth-order valence-electron chi connectivity index (χ4n) is 2.97. The maximum Gasteiger partial charge on any atom is 0.338 e. The highest BCUT2D eigenvalue weighted by Gasteiger charge is 2.20. The van der Waals surface area contributed by atoms with Gasteiger partial charge in [0, 0.05) is 38.1 Å². The number of amides is 2. The molecular formula is C19H23FN4O2. The highest BCUT2D eigenvalue weighted by atomic mass is 19.1. The topological polar surface area (TPSA) is 66.5 Å². The zero-order chi connectivity index (χ0) is 18.2. The second kappa shape index (κ2) is 9.26. The van der Waals surface area contributed by atoms with Crippen molar-refractivity contribution in [3.8, 4) is 0 Å². The number of aromatic nitrogens is 1. The normalized spacial score (nSPS) is 15.6. The minimum absolute atomic E-state index is 0.126. The molecule has 0 radical (unpaired) electrons. The molecule has 2 N–H and O–H groups in total. The fourth-order valence-corrected chi connectivity index (χ4v) is 2.97. The van der Waals surface area contributed by atoms with Crippen molar-refractivity contribution < 1.29 is 14.0 Å². The van der Waals surface area contributed by atoms with E-state index in [2.05, 4.69) is 20.7 Å². The molecule has 1 aromatic carbocycles. The van der Waals surface area contributed by atoms with Gasteiger partial charge in [-0.15, -0.1) is 0 Å². The molecule has 0 atom stereocenters. The Labute approximate surface area is 152 Å². The summed E-state index contributed by atoms with van der Waals surface area (Å²) in [5, 5.41) is 2.93. The van der Waals surface area contributed by atoms with Crippen LogP contribution in [0, 0.1) is 5.82 Å². The van der Waals surface area contributed by atoms with Crippen LogP contribution in [0.2, 0.25) is 0 Å². The third-order valence-electron chi connectivity index (χ3n) is 4.37. The number of piperidine rings is 1. The Balaban J connectivity index is 1.33. The van der Waals surface area contributed by atoms with Crippen molar-refractivity contribution in [2.24, 2.45) is 0 Å². The summed E-state index contributed by atoms with van der Waals surface area (Å²) in [6.07, 6.45) is 5.12. The first-order chi connectivity index (χ1) is 12.7. The first-order valence-electron chi connectivity index (χ1n) is 8.73. The number of benzene rings is 1. The van der Waals surface area contributed by atoms with Crippen LogP contribution < -0.4 is 10.8 Å². The van der Waals surface area contributed by atoms with Gasteiger partial charge in [0.15, 0.2) is 0 Å². The van der Waals surface area contributed by atoms with E-state index in [1.807, 2.05) is 24.3 Å². The van der Waals surface area contributed by atoms with E-state index in [9.17, 15) is 9.18 Å². The first-order valence-corrected chi connectivity index (χ1v) is 8.73. The Bertz CT molecular complexity index is 688. The molecule has 0 spiro atoms. The smallest absolute Gasteiger partial charge is 0.334 e. The summed E-state index contributed by atoms with van der Waals surface area (Å²) in [7, 11) is 0. The molecule has 0 unspecified atom stereocenters. The van der Waals surface area contributed by atoms with Crippen molar-refractivity contribution in [3.63, 3.8) is 0 Å². The molecule has 0 bridgehead atoms. The summed E-state index contributed by atoms with van der Waals surface area (Å²) in [6.45, 7) is 2.85. The van der Waals surface area contributed by atoms with E-state index in [-0.39, 0.29) is 24.5 Å². The Kier molecular flexibility index (Phi) is 6.51. The molecule has 1 fully saturated rings. The second-order valence-corrected chi connectivity index (χ2v) is 6.40. The average Bonchev–Trinajstić information content (AvgIpc) is 2.66. The molecular weight excluding hydrogens is 335 g/mol. The van der Waals surface area contributed by atoms with E-state index in [1.165, 1.54) is 12.1 Å². The highest BCUT2D eigenvalue weighted by molar-refractivity contribution is 5.73. The van der Waals surface area contributed by atoms with E-state index in [4.69, 9.17) is 4.84 Å². The van der Waals surface area contributed by atoms with E-state index < -0.39 is 0 Å². The van der Waals surface area contributed by atoms with Gasteiger partial charge in [-0.3, -0.25) is 14.7 Å². The lowest BCUT2D eigenvalue weighted by Crippen LogP contribution is -2.47. The van der Waals surface area contributed by atoms with Gasteiger partial charge in [-0.1, -0.05) is 18.2 Å². The van der Waals surface area contributed by atoms with Crippen molar-refractivity contribution in [2.45, 2.75) is 32.0 Å². The van der Waals surface area contributed by atoms with Crippen LogP contribution in [0.3, 0.4) is 0 Å². The van der Waals surface area contributed by atoms with E-state index in [1.54, 1.807) is 12.4 Å². The van der Waals surface area contributed by atoms with Crippen LogP contribution in [0.1, 0.15) is 24.0 Å². The van der Waals surface area contributed by atoms with Crippen LogP contribution in [0.5, 0.6) is 0 Å². The molecule has 7 heteroatoms. The second-order valence-electron chi connectivity index (χ2n) is 6.40. The lowest BCUT2D eigenvalue weighted by Gasteiger charge is -2.32. The Morgan fingerprint density at radius 3 is 2.65 bits per heavy atom. The quantitative estimate of drug-likeness (QED) is 0.779. The van der Waals surface area contributed by atoms with Gasteiger partial charge in [0.05, 0.1) is 0 Å². The van der Waals surface area contributed by atoms with Crippen LogP contribution in [0.15, 0.2) is 48.8 Å². The van der Waals surface area contributed by atoms with E-state index in [0.29, 0.717) is 0 Å². The van der Waals surface area contributed by atoms with Crippen molar-refractivity contribution in [2.75, 3.05) is 13.1 Å². The molecule has 1 aliphatic rings. The summed E-state index contributed by atoms with van der Waals surface area (Å²) >= 11 is 0. The summed E-state index contributed by atoms with van der Waals surface area (Å²) in [4.78, 5) is 23.4. The zero-order valence-corrected chi connectivity index (χ0v) is 14.5. The average molecular weight is 358 g/mol. The van der Waals surface area contributed by atoms with Gasteiger partial charge in [0.1, 0.15) is 12.4 Å². The van der Waals surface area contributed by atoms with Crippen molar-refractivity contribution in [1.29, 1.82) is 0 Å². The number of hydrogen-bond acceptors (Lipinski definition) is 4. The van der Waals surface area contributed by atoms with Gasteiger partial charge in [0.2, 0.25) is 0 Å². The van der Waals surface area contributed by atoms with Gasteiger partial charge in [-0.2, -0.15) is 0 Å². The molecule has 2 heterocycles. The van der Waals surface area contributed by atoms with Crippen molar-refractivity contribution in [3.05, 3.63) is 65.7 Å². The minimum atomic E-state index is -0.328. The number of urea groups is 1. The van der Waals surface area contributed by atoms with E-state index in [0.717, 1.165) is 43.6 Å². The molecule has 26 heavy (non-hydrogen) atoms. The fraction of sp³-hybridized carbons (Fsp3) is 0.368. The molecule has 6 nitrogen and oxygen atoms in total. The van der Waals surface area contributed by atoms with Crippen LogP contribution in [-0.4, -0.2) is 35.0 Å². The number of carbonyl (C=O) groups is 1. The standard InChI is InChI=1S/C19H23FN4O2/c20-17-5-3-15(4-6-17)13-24-10-7-18(8-11-24)22-19(25)23-26-14-16-2-1-9-21-12-16/h1-6,9,12,18H,7-8,10-11,13-14H2,(H2,22,23,25). The predicted molar refractivity (Wildman–Crippen MR) is 95.4 cm³/mol. The number of hydroxylamine groups is 1. The highest BCUT2D eigenvalue weighted by Crippen LogP contribution is 2.14. The molecule has 0 aliphatic carbocycles. The molecule has 2 amide bonds. The third kappa shape index (κ3) is 5.79. The van der Waals surface area contributed by atoms with Crippen LogP contribution in [0.25, 0.3) is 0 Å². The zero-order valence-electron chi connectivity index (χ0n) is 14.5. The number of pyridine rings is 1. The van der Waals surface area contributed by atoms with Crippen LogP contribution in [-0.2, 0) is 18.0 Å². The summed E-state index contributed by atoms with van der Waals surface area (Å²) in [5.74, 6) is -0.214. The Morgan fingerprint density at radius 2 is 1.96 bits per heavy atom. The molecule has 3 rings (SSSR count). The lowest BCUT2D eigenvalue weighted by atomic mass is 10.0. The summed E-state index contributed by atoms with van der Waals surface area (Å²) in [6, 6.07) is 10.1. The summed E-state index contributed by atoms with van der Waals surface area (Å²) < 4.78 is 12.9.